The van der Waals surface area contributed by atoms with E-state index in [1.165, 1.54) is 6.07 Å². The van der Waals surface area contributed by atoms with Crippen molar-refractivity contribution in [3.8, 4) is 11.5 Å². The molecule has 7 nitrogen and oxygen atoms in total. The molecule has 1 atom stereocenters. The number of aromatic hydroxyl groups is 1. The van der Waals surface area contributed by atoms with E-state index in [1.54, 1.807) is 24.4 Å². The molecule has 3 rings (SSSR count). The van der Waals surface area contributed by atoms with Gasteiger partial charge in [0.2, 0.25) is 0 Å². The molecule has 0 unspecified atom stereocenters. The fourth-order valence-corrected chi connectivity index (χ4v) is 4.70. The molecule has 1 fully saturated rings. The average molecular weight is 485 g/mol. The van der Waals surface area contributed by atoms with Crippen LogP contribution in [0.25, 0.3) is 0 Å². The smallest absolute Gasteiger partial charge is 0.256 e. The molecule has 1 aliphatic heterocycles. The molecule has 0 aliphatic carbocycles. The summed E-state index contributed by atoms with van der Waals surface area (Å²) in [5, 5.41) is 9.98. The molecule has 1 aromatic carbocycles. The summed E-state index contributed by atoms with van der Waals surface area (Å²) in [4.78, 5) is 31.3. The molecule has 1 aromatic heterocycles. The maximum atomic E-state index is 13.6. The van der Waals surface area contributed by atoms with Crippen LogP contribution in [0.1, 0.15) is 66.4 Å². The van der Waals surface area contributed by atoms with E-state index in [9.17, 15) is 14.7 Å². The van der Waals surface area contributed by atoms with E-state index < -0.39 is 8.32 Å². The fraction of sp³-hybridized carbons (Fsp3) is 0.500. The normalized spacial score (nSPS) is 16.9. The molecule has 0 radical (unpaired) electrons. The third-order valence-electron chi connectivity index (χ3n) is 6.98. The highest BCUT2D eigenvalue weighted by atomic mass is 28.4. The quantitative estimate of drug-likeness (QED) is 0.409. The lowest BCUT2D eigenvalue weighted by Crippen LogP contribution is -2.47. The third kappa shape index (κ3) is 5.85. The summed E-state index contributed by atoms with van der Waals surface area (Å²) in [7, 11) is -2.00. The van der Waals surface area contributed by atoms with E-state index in [-0.39, 0.29) is 34.9 Å². The number of hydrogen-bond donors (Lipinski definition) is 1. The zero-order valence-corrected chi connectivity index (χ0v) is 21.8. The summed E-state index contributed by atoms with van der Waals surface area (Å²) in [6, 6.07) is 8.18. The summed E-state index contributed by atoms with van der Waals surface area (Å²) in [5.74, 6) is 0.116. The van der Waals surface area contributed by atoms with Crippen LogP contribution in [0, 0.1) is 0 Å². The van der Waals surface area contributed by atoms with Gasteiger partial charge in [0.15, 0.2) is 14.6 Å². The van der Waals surface area contributed by atoms with Gasteiger partial charge in [0.05, 0.1) is 29.5 Å². The molecule has 8 heteroatoms. The molecule has 0 saturated carbocycles. The van der Waals surface area contributed by atoms with E-state index in [4.69, 9.17) is 9.16 Å². The first-order valence-electron chi connectivity index (χ1n) is 11.8. The number of likely N-dealkylation sites (tertiary alicyclic amines) is 1. The van der Waals surface area contributed by atoms with Gasteiger partial charge >= 0.3 is 0 Å². The minimum absolute atomic E-state index is 0.0630. The highest BCUT2D eigenvalue weighted by molar-refractivity contribution is 6.74. The number of benzene rings is 1. The van der Waals surface area contributed by atoms with Crippen molar-refractivity contribution in [1.29, 1.82) is 0 Å². The van der Waals surface area contributed by atoms with Crippen LogP contribution in [0.5, 0.6) is 11.5 Å². The van der Waals surface area contributed by atoms with Crippen LogP contribution in [0.4, 0.5) is 0 Å². The van der Waals surface area contributed by atoms with Crippen LogP contribution in [-0.4, -0.2) is 54.7 Å². The number of carbonyl (C=O) groups is 2. The van der Waals surface area contributed by atoms with Crippen LogP contribution >= 0.6 is 0 Å². The average Bonchev–Trinajstić information content (AvgIpc) is 2.80. The van der Waals surface area contributed by atoms with Gasteiger partial charge in [-0.15, -0.1) is 0 Å². The maximum Gasteiger partial charge on any atom is 0.256 e. The molecule has 0 spiro atoms. The van der Waals surface area contributed by atoms with E-state index in [1.807, 2.05) is 11.0 Å². The lowest BCUT2D eigenvalue weighted by molar-refractivity contribution is 0.0523. The van der Waals surface area contributed by atoms with Crippen LogP contribution in [0.2, 0.25) is 18.1 Å². The summed E-state index contributed by atoms with van der Waals surface area (Å²) in [6.45, 7) is 12.1. The first-order valence-corrected chi connectivity index (χ1v) is 14.7. The van der Waals surface area contributed by atoms with Gasteiger partial charge in [0.1, 0.15) is 18.1 Å². The lowest BCUT2D eigenvalue weighted by atomic mass is 10.0. The predicted molar refractivity (Wildman–Crippen MR) is 134 cm³/mol. The van der Waals surface area contributed by atoms with Crippen molar-refractivity contribution in [2.45, 2.75) is 70.8 Å². The Hall–Kier alpha value is -2.71. The van der Waals surface area contributed by atoms with Crippen LogP contribution in [-0.2, 0) is 11.0 Å². The Balaban J connectivity index is 1.76. The van der Waals surface area contributed by atoms with E-state index in [0.29, 0.717) is 36.4 Å². The van der Waals surface area contributed by atoms with Gasteiger partial charge in [-0.2, -0.15) is 0 Å². The van der Waals surface area contributed by atoms with Crippen LogP contribution in [0.3, 0.4) is 0 Å². The fourth-order valence-electron chi connectivity index (χ4n) is 3.77. The number of aldehydes is 1. The molecule has 1 aliphatic rings. The largest absolute Gasteiger partial charge is 0.507 e. The summed E-state index contributed by atoms with van der Waals surface area (Å²) in [5.41, 5.74) is 1.33. The second-order valence-electron chi connectivity index (χ2n) is 10.3. The number of phenolic OH excluding ortho intramolecular Hbond substituents is 1. The standard InChI is InChI=1S/C26H36N2O5Si/c1-26(2,3)34(4,5)33-18-22-20(11-9-14-27-22)25(31)28-15-7-6-10-19(28)17-32-24-13-8-12-23(30)21(24)16-29/h8-9,11-14,16,19,30H,6-7,10,15,17-18H2,1-5H3/t19-/m0/s1. The summed E-state index contributed by atoms with van der Waals surface area (Å²) < 4.78 is 12.3. The summed E-state index contributed by atoms with van der Waals surface area (Å²) >= 11 is 0. The molecular weight excluding hydrogens is 448 g/mol. The van der Waals surface area contributed by atoms with Gasteiger partial charge in [-0.1, -0.05) is 26.8 Å². The number of ether oxygens (including phenoxy) is 1. The number of carbonyl (C=O) groups excluding carboxylic acids is 2. The van der Waals surface area contributed by atoms with E-state index in [0.717, 1.165) is 19.3 Å². The Kier molecular flexibility index (Phi) is 8.15. The SMILES string of the molecule is CC(C)(C)[Si](C)(C)OCc1ncccc1C(=O)N1CCCC[C@H]1COc1cccc(O)c1C=O. The second-order valence-corrected chi connectivity index (χ2v) is 15.1. The second kappa shape index (κ2) is 10.7. The number of piperidine rings is 1. The van der Waals surface area contributed by atoms with Crippen molar-refractivity contribution < 1.29 is 23.9 Å². The van der Waals surface area contributed by atoms with Crippen LogP contribution in [0.15, 0.2) is 36.5 Å². The van der Waals surface area contributed by atoms with Crippen molar-refractivity contribution in [2.24, 2.45) is 0 Å². The van der Waals surface area contributed by atoms with Crippen molar-refractivity contribution in [1.82, 2.24) is 9.88 Å². The van der Waals surface area contributed by atoms with Gasteiger partial charge in [-0.3, -0.25) is 14.6 Å². The monoisotopic (exact) mass is 484 g/mol. The van der Waals surface area contributed by atoms with Gasteiger partial charge in [-0.25, -0.2) is 0 Å². The molecule has 1 saturated heterocycles. The molecular formula is C26H36N2O5Si. The maximum absolute atomic E-state index is 13.6. The zero-order chi connectivity index (χ0) is 24.9. The number of pyridine rings is 1. The van der Waals surface area contributed by atoms with Crippen molar-refractivity contribution in [2.75, 3.05) is 13.2 Å². The Morgan fingerprint density at radius 3 is 2.71 bits per heavy atom. The number of amides is 1. The molecule has 1 N–H and O–H groups in total. The Morgan fingerprint density at radius 2 is 2.00 bits per heavy atom. The van der Waals surface area contributed by atoms with E-state index >= 15 is 0 Å². The minimum Gasteiger partial charge on any atom is -0.507 e. The van der Waals surface area contributed by atoms with Crippen molar-refractivity contribution in [3.05, 3.63) is 53.3 Å². The Morgan fingerprint density at radius 1 is 1.24 bits per heavy atom. The van der Waals surface area contributed by atoms with Crippen molar-refractivity contribution >= 4 is 20.5 Å². The molecule has 1 amide bonds. The Bertz CT molecular complexity index is 1020. The lowest BCUT2D eigenvalue weighted by Gasteiger charge is -2.37. The number of rotatable bonds is 8. The molecule has 184 valence electrons. The van der Waals surface area contributed by atoms with Crippen LogP contribution < -0.4 is 4.74 Å². The number of hydrogen-bond acceptors (Lipinski definition) is 6. The molecule has 2 heterocycles. The highest BCUT2D eigenvalue weighted by Crippen LogP contribution is 2.37. The van der Waals surface area contributed by atoms with Gasteiger partial charge < -0.3 is 19.2 Å². The summed E-state index contributed by atoms with van der Waals surface area (Å²) in [6.07, 6.45) is 4.99. The first-order chi connectivity index (χ1) is 16.0. The topological polar surface area (TPSA) is 89.0 Å². The zero-order valence-electron chi connectivity index (χ0n) is 20.8. The van der Waals surface area contributed by atoms with Gasteiger partial charge in [-0.05, 0) is 61.7 Å². The molecule has 2 aromatic rings. The van der Waals surface area contributed by atoms with E-state index in [2.05, 4.69) is 38.8 Å². The highest BCUT2D eigenvalue weighted by Gasteiger charge is 2.37. The van der Waals surface area contributed by atoms with Gasteiger partial charge in [0, 0.05) is 12.7 Å². The predicted octanol–water partition coefficient (Wildman–Crippen LogP) is 5.20. The Labute approximate surface area is 203 Å². The van der Waals surface area contributed by atoms with Crippen molar-refractivity contribution in [3.63, 3.8) is 0 Å². The van der Waals surface area contributed by atoms with Gasteiger partial charge in [0.25, 0.3) is 5.91 Å². The first kappa shape index (κ1) is 25.9. The molecule has 34 heavy (non-hydrogen) atoms. The minimum atomic E-state index is -2.00. The number of aromatic nitrogens is 1. The third-order valence-corrected chi connectivity index (χ3v) is 11.5. The number of nitrogens with zero attached hydrogens (tertiary/aromatic N) is 2. The molecule has 0 bridgehead atoms. The number of phenols is 1.